The van der Waals surface area contributed by atoms with Crippen molar-refractivity contribution in [2.45, 2.75) is 58.9 Å². The van der Waals surface area contributed by atoms with Crippen LogP contribution in [-0.2, 0) is 16.7 Å². The summed E-state index contributed by atoms with van der Waals surface area (Å²) in [6, 6.07) is 0. The molecule has 1 heterocycles. The standard InChI is InChI=1S/C14H27N3O/c1-7-8-11-16-12(10(2)9-18-6)13(15)17(11)14(3,4)5/h10H,7-9,15H2,1-6H3. The van der Waals surface area contributed by atoms with E-state index < -0.39 is 0 Å². The van der Waals surface area contributed by atoms with E-state index in [0.29, 0.717) is 6.61 Å². The van der Waals surface area contributed by atoms with Crippen LogP contribution in [0.1, 0.15) is 58.5 Å². The quantitative estimate of drug-likeness (QED) is 0.877. The lowest BCUT2D eigenvalue weighted by molar-refractivity contribution is 0.183. The third kappa shape index (κ3) is 3.05. The Morgan fingerprint density at radius 3 is 2.44 bits per heavy atom. The van der Waals surface area contributed by atoms with Crippen LogP contribution in [0, 0.1) is 0 Å². The maximum atomic E-state index is 6.30. The number of imidazole rings is 1. The first kappa shape index (κ1) is 15.0. The fraction of sp³-hybridized carbons (Fsp3) is 0.786. The fourth-order valence-corrected chi connectivity index (χ4v) is 2.33. The molecule has 4 nitrogen and oxygen atoms in total. The van der Waals surface area contributed by atoms with Crippen LogP contribution in [-0.4, -0.2) is 23.3 Å². The van der Waals surface area contributed by atoms with Gasteiger partial charge in [-0.05, 0) is 27.2 Å². The Morgan fingerprint density at radius 1 is 1.39 bits per heavy atom. The monoisotopic (exact) mass is 253 g/mol. The largest absolute Gasteiger partial charge is 0.384 e. The summed E-state index contributed by atoms with van der Waals surface area (Å²) in [5.41, 5.74) is 7.23. The second-order valence-corrected chi connectivity index (χ2v) is 5.91. The zero-order valence-electron chi connectivity index (χ0n) is 12.6. The topological polar surface area (TPSA) is 53.1 Å². The van der Waals surface area contributed by atoms with Gasteiger partial charge in [-0.2, -0.15) is 0 Å². The fourth-order valence-electron chi connectivity index (χ4n) is 2.33. The van der Waals surface area contributed by atoms with Crippen molar-refractivity contribution in [3.8, 4) is 0 Å². The average molecular weight is 253 g/mol. The molecule has 0 saturated heterocycles. The van der Waals surface area contributed by atoms with Gasteiger partial charge in [0.15, 0.2) is 0 Å². The maximum Gasteiger partial charge on any atom is 0.127 e. The number of rotatable bonds is 5. The second kappa shape index (κ2) is 5.74. The molecule has 4 heteroatoms. The number of hydrogen-bond acceptors (Lipinski definition) is 3. The highest BCUT2D eigenvalue weighted by molar-refractivity contribution is 5.42. The molecular formula is C14H27N3O. The summed E-state index contributed by atoms with van der Waals surface area (Å²) in [6.45, 7) is 11.4. The first-order valence-corrected chi connectivity index (χ1v) is 6.69. The molecule has 0 aliphatic carbocycles. The third-order valence-corrected chi connectivity index (χ3v) is 3.04. The van der Waals surface area contributed by atoms with Gasteiger partial charge >= 0.3 is 0 Å². The Labute approximate surface area is 111 Å². The number of hydrogen-bond donors (Lipinski definition) is 1. The van der Waals surface area contributed by atoms with Gasteiger partial charge in [0.1, 0.15) is 11.6 Å². The molecule has 1 unspecified atom stereocenters. The van der Waals surface area contributed by atoms with Gasteiger partial charge in [-0.3, -0.25) is 0 Å². The lowest BCUT2D eigenvalue weighted by atomic mass is 10.1. The number of nitrogen functional groups attached to an aromatic ring is 1. The second-order valence-electron chi connectivity index (χ2n) is 5.91. The van der Waals surface area contributed by atoms with Crippen molar-refractivity contribution < 1.29 is 4.74 Å². The Balaban J connectivity index is 3.23. The average Bonchev–Trinajstić information content (AvgIpc) is 2.56. The van der Waals surface area contributed by atoms with Gasteiger partial charge in [0.25, 0.3) is 0 Å². The molecule has 18 heavy (non-hydrogen) atoms. The van der Waals surface area contributed by atoms with Gasteiger partial charge < -0.3 is 15.0 Å². The number of ether oxygens (including phenoxy) is 1. The first-order valence-electron chi connectivity index (χ1n) is 6.69. The molecule has 0 aromatic carbocycles. The predicted octanol–water partition coefficient (Wildman–Crippen LogP) is 2.92. The number of anilines is 1. The summed E-state index contributed by atoms with van der Waals surface area (Å²) < 4.78 is 7.37. The lowest BCUT2D eigenvalue weighted by Gasteiger charge is -2.25. The molecule has 104 valence electrons. The molecule has 1 atom stereocenters. The third-order valence-electron chi connectivity index (χ3n) is 3.04. The molecule has 0 bridgehead atoms. The summed E-state index contributed by atoms with van der Waals surface area (Å²) >= 11 is 0. The molecule has 1 aromatic heterocycles. The molecule has 0 spiro atoms. The normalized spacial score (nSPS) is 13.9. The molecule has 0 amide bonds. The Morgan fingerprint density at radius 2 is 2.00 bits per heavy atom. The highest BCUT2D eigenvalue weighted by Crippen LogP contribution is 2.29. The first-order chi connectivity index (χ1) is 8.32. The maximum absolute atomic E-state index is 6.30. The minimum Gasteiger partial charge on any atom is -0.384 e. The summed E-state index contributed by atoms with van der Waals surface area (Å²) in [7, 11) is 1.71. The van der Waals surface area contributed by atoms with E-state index in [2.05, 4.69) is 39.2 Å². The van der Waals surface area contributed by atoms with E-state index in [1.165, 1.54) is 0 Å². The molecular weight excluding hydrogens is 226 g/mol. The van der Waals surface area contributed by atoms with E-state index in [0.717, 1.165) is 30.2 Å². The van der Waals surface area contributed by atoms with E-state index in [1.807, 2.05) is 0 Å². The van der Waals surface area contributed by atoms with Gasteiger partial charge in [-0.25, -0.2) is 4.98 Å². The zero-order valence-corrected chi connectivity index (χ0v) is 12.6. The molecule has 0 fully saturated rings. The minimum atomic E-state index is -0.0351. The number of nitrogens with zero attached hydrogens (tertiary/aromatic N) is 2. The number of nitrogens with two attached hydrogens (primary N) is 1. The van der Waals surface area contributed by atoms with Crippen LogP contribution in [0.3, 0.4) is 0 Å². The van der Waals surface area contributed by atoms with E-state index in [4.69, 9.17) is 15.5 Å². The molecule has 2 N–H and O–H groups in total. The highest BCUT2D eigenvalue weighted by Gasteiger charge is 2.25. The van der Waals surface area contributed by atoms with E-state index in [1.54, 1.807) is 7.11 Å². The van der Waals surface area contributed by atoms with Gasteiger partial charge in [0, 0.05) is 25.0 Å². The number of methoxy groups -OCH3 is 1. The molecule has 0 radical (unpaired) electrons. The summed E-state index contributed by atoms with van der Waals surface area (Å²) in [4.78, 5) is 4.74. The van der Waals surface area contributed by atoms with Crippen molar-refractivity contribution in [1.29, 1.82) is 0 Å². The van der Waals surface area contributed by atoms with Gasteiger partial charge in [-0.15, -0.1) is 0 Å². The van der Waals surface area contributed by atoms with Crippen LogP contribution in [0.2, 0.25) is 0 Å². The number of aryl methyl sites for hydroxylation is 1. The summed E-state index contributed by atoms with van der Waals surface area (Å²) in [5, 5.41) is 0. The number of aromatic nitrogens is 2. The van der Waals surface area contributed by atoms with Crippen molar-refractivity contribution in [2.24, 2.45) is 0 Å². The molecule has 1 aromatic rings. The Hall–Kier alpha value is -1.03. The van der Waals surface area contributed by atoms with E-state index in [-0.39, 0.29) is 11.5 Å². The van der Waals surface area contributed by atoms with Crippen LogP contribution in [0.25, 0.3) is 0 Å². The van der Waals surface area contributed by atoms with Crippen LogP contribution in [0.15, 0.2) is 0 Å². The predicted molar refractivity (Wildman–Crippen MR) is 75.9 cm³/mol. The van der Waals surface area contributed by atoms with E-state index >= 15 is 0 Å². The van der Waals surface area contributed by atoms with Crippen LogP contribution < -0.4 is 5.73 Å². The molecule has 0 aliphatic rings. The van der Waals surface area contributed by atoms with Gasteiger partial charge in [-0.1, -0.05) is 13.8 Å². The van der Waals surface area contributed by atoms with Crippen molar-refractivity contribution in [2.75, 3.05) is 19.5 Å². The smallest absolute Gasteiger partial charge is 0.127 e. The van der Waals surface area contributed by atoms with Gasteiger partial charge in [0.2, 0.25) is 0 Å². The molecule has 1 rings (SSSR count). The van der Waals surface area contributed by atoms with Crippen molar-refractivity contribution in [3.63, 3.8) is 0 Å². The molecule has 0 saturated carbocycles. The van der Waals surface area contributed by atoms with Gasteiger partial charge in [0.05, 0.1) is 12.3 Å². The van der Waals surface area contributed by atoms with E-state index in [9.17, 15) is 0 Å². The molecule has 0 aliphatic heterocycles. The Bertz CT molecular complexity index is 390. The summed E-state index contributed by atoms with van der Waals surface area (Å²) in [6.07, 6.45) is 2.03. The SMILES string of the molecule is CCCc1nc(C(C)COC)c(N)n1C(C)(C)C. The van der Waals surface area contributed by atoms with Crippen LogP contribution >= 0.6 is 0 Å². The van der Waals surface area contributed by atoms with Crippen molar-refractivity contribution >= 4 is 5.82 Å². The Kier molecular flexibility index (Phi) is 4.79. The van der Waals surface area contributed by atoms with Crippen LogP contribution in [0.5, 0.6) is 0 Å². The van der Waals surface area contributed by atoms with Crippen LogP contribution in [0.4, 0.5) is 5.82 Å². The zero-order chi connectivity index (χ0) is 13.9. The minimum absolute atomic E-state index is 0.0351. The summed E-state index contributed by atoms with van der Waals surface area (Å²) in [5.74, 6) is 2.10. The lowest BCUT2D eigenvalue weighted by Crippen LogP contribution is -2.26. The van der Waals surface area contributed by atoms with Crippen molar-refractivity contribution in [1.82, 2.24) is 9.55 Å². The highest BCUT2D eigenvalue weighted by atomic mass is 16.5. The van der Waals surface area contributed by atoms with Crippen molar-refractivity contribution in [3.05, 3.63) is 11.5 Å².